The quantitative estimate of drug-likeness (QED) is 0.730. The number of benzene rings is 1. The summed E-state index contributed by atoms with van der Waals surface area (Å²) in [6.45, 7) is 3.90. The molecule has 0 spiro atoms. The largest absolute Gasteiger partial charge is 0.390 e. The van der Waals surface area contributed by atoms with Crippen molar-refractivity contribution in [2.24, 2.45) is 0 Å². The number of nitrogens with one attached hydrogen (secondary N) is 1. The Morgan fingerprint density at radius 3 is 2.11 bits per heavy atom. The Balaban J connectivity index is 2.04. The Morgan fingerprint density at radius 1 is 1.11 bits per heavy atom. The maximum absolute atomic E-state index is 12.0. The zero-order valence-electron chi connectivity index (χ0n) is 10.7. The molecule has 4 heteroatoms. The molecule has 18 heavy (non-hydrogen) atoms. The summed E-state index contributed by atoms with van der Waals surface area (Å²) in [5.74, 6) is -0.145. The van der Waals surface area contributed by atoms with Crippen LogP contribution in [0.4, 0.5) is 0 Å². The van der Waals surface area contributed by atoms with Crippen molar-refractivity contribution in [1.82, 2.24) is 5.32 Å². The number of aliphatic hydroxyl groups is 2. The molecule has 1 amide bonds. The van der Waals surface area contributed by atoms with Gasteiger partial charge in [-0.25, -0.2) is 0 Å². The predicted molar refractivity (Wildman–Crippen MR) is 68.4 cm³/mol. The molecule has 3 atom stereocenters. The molecule has 1 aromatic rings. The molecule has 1 saturated carbocycles. The standard InChI is InChI=1S/C14H19NO3/c1-8-3-9(2)5-10(4-8)14(18)15-11-6-12(16)13(17)7-11/h3-5,11-13,16-17H,6-7H2,1-2H3,(H,15,18)/t11?,12-,13+. The Bertz CT molecular complexity index is 428. The average Bonchev–Trinajstić information content (AvgIpc) is 2.56. The molecule has 1 aromatic carbocycles. The molecular weight excluding hydrogens is 230 g/mol. The summed E-state index contributed by atoms with van der Waals surface area (Å²) in [7, 11) is 0. The van der Waals surface area contributed by atoms with E-state index in [0.29, 0.717) is 18.4 Å². The first kappa shape index (κ1) is 13.1. The molecule has 0 saturated heterocycles. The first-order valence-electron chi connectivity index (χ1n) is 6.21. The van der Waals surface area contributed by atoms with Crippen molar-refractivity contribution in [3.63, 3.8) is 0 Å². The van der Waals surface area contributed by atoms with Crippen LogP contribution in [0.2, 0.25) is 0 Å². The molecule has 1 fully saturated rings. The highest BCUT2D eigenvalue weighted by Crippen LogP contribution is 2.20. The van der Waals surface area contributed by atoms with Gasteiger partial charge in [0, 0.05) is 11.6 Å². The number of aliphatic hydroxyl groups excluding tert-OH is 2. The number of amides is 1. The number of carbonyl (C=O) groups is 1. The molecule has 4 nitrogen and oxygen atoms in total. The molecule has 1 aliphatic rings. The summed E-state index contributed by atoms with van der Waals surface area (Å²) in [4.78, 5) is 12.0. The second kappa shape index (κ2) is 5.08. The number of carbonyl (C=O) groups excluding carboxylic acids is 1. The zero-order chi connectivity index (χ0) is 13.3. The minimum Gasteiger partial charge on any atom is -0.390 e. The van der Waals surface area contributed by atoms with Gasteiger partial charge in [-0.1, -0.05) is 17.2 Å². The lowest BCUT2D eigenvalue weighted by atomic mass is 10.1. The van der Waals surface area contributed by atoms with Crippen LogP contribution in [-0.2, 0) is 0 Å². The Hall–Kier alpha value is -1.39. The monoisotopic (exact) mass is 249 g/mol. The van der Waals surface area contributed by atoms with E-state index in [0.717, 1.165) is 11.1 Å². The summed E-state index contributed by atoms with van der Waals surface area (Å²) in [5, 5.41) is 21.7. The van der Waals surface area contributed by atoms with Gasteiger partial charge in [0.05, 0.1) is 12.2 Å². The van der Waals surface area contributed by atoms with Gasteiger partial charge in [0.1, 0.15) is 0 Å². The zero-order valence-corrected chi connectivity index (χ0v) is 10.7. The van der Waals surface area contributed by atoms with Gasteiger partial charge in [0.2, 0.25) is 0 Å². The van der Waals surface area contributed by atoms with Crippen LogP contribution in [0.5, 0.6) is 0 Å². The topological polar surface area (TPSA) is 69.6 Å². The van der Waals surface area contributed by atoms with E-state index in [1.54, 1.807) is 0 Å². The third-order valence-electron chi connectivity index (χ3n) is 3.32. The fourth-order valence-electron chi connectivity index (χ4n) is 2.49. The van der Waals surface area contributed by atoms with Crippen LogP contribution in [0.15, 0.2) is 18.2 Å². The van der Waals surface area contributed by atoms with Gasteiger partial charge in [0.25, 0.3) is 5.91 Å². The van der Waals surface area contributed by atoms with E-state index in [1.165, 1.54) is 0 Å². The van der Waals surface area contributed by atoms with E-state index < -0.39 is 12.2 Å². The van der Waals surface area contributed by atoms with Crippen molar-refractivity contribution in [1.29, 1.82) is 0 Å². The summed E-state index contributed by atoms with van der Waals surface area (Å²) in [5.41, 5.74) is 2.72. The summed E-state index contributed by atoms with van der Waals surface area (Å²) in [6.07, 6.45) is -0.626. The summed E-state index contributed by atoms with van der Waals surface area (Å²) < 4.78 is 0. The van der Waals surface area contributed by atoms with Crippen LogP contribution in [0.3, 0.4) is 0 Å². The molecule has 0 heterocycles. The van der Waals surface area contributed by atoms with Crippen molar-refractivity contribution in [3.05, 3.63) is 34.9 Å². The minimum absolute atomic E-state index is 0.145. The van der Waals surface area contributed by atoms with Crippen LogP contribution in [0.1, 0.15) is 34.3 Å². The van der Waals surface area contributed by atoms with Crippen molar-refractivity contribution < 1.29 is 15.0 Å². The molecular formula is C14H19NO3. The Morgan fingerprint density at radius 2 is 1.61 bits per heavy atom. The van der Waals surface area contributed by atoms with E-state index in [4.69, 9.17) is 0 Å². The molecule has 1 aliphatic carbocycles. The van der Waals surface area contributed by atoms with Crippen LogP contribution < -0.4 is 5.32 Å². The third kappa shape index (κ3) is 2.89. The molecule has 0 radical (unpaired) electrons. The van der Waals surface area contributed by atoms with E-state index >= 15 is 0 Å². The van der Waals surface area contributed by atoms with E-state index in [9.17, 15) is 15.0 Å². The Labute approximate surface area is 107 Å². The predicted octanol–water partition coefficient (Wildman–Crippen LogP) is 0.917. The van der Waals surface area contributed by atoms with Crippen molar-refractivity contribution in [2.75, 3.05) is 0 Å². The summed E-state index contributed by atoms with van der Waals surface area (Å²) >= 11 is 0. The van der Waals surface area contributed by atoms with Gasteiger partial charge in [-0.2, -0.15) is 0 Å². The van der Waals surface area contributed by atoms with Crippen LogP contribution in [0, 0.1) is 13.8 Å². The molecule has 0 bridgehead atoms. The summed E-state index contributed by atoms with van der Waals surface area (Å²) in [6, 6.07) is 5.54. The van der Waals surface area contributed by atoms with E-state index in [1.807, 2.05) is 32.0 Å². The first-order valence-corrected chi connectivity index (χ1v) is 6.21. The lowest BCUT2D eigenvalue weighted by molar-refractivity contribution is 0.0438. The van der Waals surface area contributed by atoms with Crippen LogP contribution in [0.25, 0.3) is 0 Å². The maximum atomic E-state index is 12.0. The molecule has 0 aliphatic heterocycles. The highest BCUT2D eigenvalue weighted by Gasteiger charge is 2.32. The van der Waals surface area contributed by atoms with Gasteiger partial charge in [0.15, 0.2) is 0 Å². The fourth-order valence-corrected chi connectivity index (χ4v) is 2.49. The number of hydrogen-bond acceptors (Lipinski definition) is 3. The molecule has 1 unspecified atom stereocenters. The second-order valence-electron chi connectivity index (χ2n) is 5.15. The molecule has 3 N–H and O–H groups in total. The van der Waals surface area contributed by atoms with E-state index in [-0.39, 0.29) is 11.9 Å². The highest BCUT2D eigenvalue weighted by atomic mass is 16.3. The van der Waals surface area contributed by atoms with Gasteiger partial charge >= 0.3 is 0 Å². The Kier molecular flexibility index (Phi) is 3.68. The van der Waals surface area contributed by atoms with Crippen molar-refractivity contribution in [3.8, 4) is 0 Å². The lowest BCUT2D eigenvalue weighted by Gasteiger charge is -2.12. The number of hydrogen-bond donors (Lipinski definition) is 3. The van der Waals surface area contributed by atoms with Gasteiger partial charge in [-0.3, -0.25) is 4.79 Å². The highest BCUT2D eigenvalue weighted by molar-refractivity contribution is 5.94. The van der Waals surface area contributed by atoms with Crippen LogP contribution in [-0.4, -0.2) is 34.4 Å². The minimum atomic E-state index is -0.727. The maximum Gasteiger partial charge on any atom is 0.251 e. The third-order valence-corrected chi connectivity index (χ3v) is 3.32. The van der Waals surface area contributed by atoms with E-state index in [2.05, 4.69) is 5.32 Å². The smallest absolute Gasteiger partial charge is 0.251 e. The van der Waals surface area contributed by atoms with Crippen LogP contribution >= 0.6 is 0 Å². The normalized spacial score (nSPS) is 27.2. The van der Waals surface area contributed by atoms with Crippen molar-refractivity contribution in [2.45, 2.75) is 44.9 Å². The average molecular weight is 249 g/mol. The number of aryl methyl sites for hydroxylation is 2. The van der Waals surface area contributed by atoms with Gasteiger partial charge in [-0.05, 0) is 38.8 Å². The van der Waals surface area contributed by atoms with Crippen molar-refractivity contribution >= 4 is 5.91 Å². The first-order chi connectivity index (χ1) is 8.45. The lowest BCUT2D eigenvalue weighted by Crippen LogP contribution is -2.33. The SMILES string of the molecule is Cc1cc(C)cc(C(=O)NC2C[C@@H](O)[C@@H](O)C2)c1. The number of rotatable bonds is 2. The molecule has 98 valence electrons. The van der Waals surface area contributed by atoms with Gasteiger partial charge < -0.3 is 15.5 Å². The van der Waals surface area contributed by atoms with Gasteiger partial charge in [-0.15, -0.1) is 0 Å². The fraction of sp³-hybridized carbons (Fsp3) is 0.500. The molecule has 2 rings (SSSR count). The second-order valence-corrected chi connectivity index (χ2v) is 5.15. The molecule has 0 aromatic heterocycles.